The fourth-order valence-corrected chi connectivity index (χ4v) is 2.33. The van der Waals surface area contributed by atoms with Crippen molar-refractivity contribution in [3.63, 3.8) is 0 Å². The second-order valence-electron chi connectivity index (χ2n) is 4.50. The predicted molar refractivity (Wildman–Crippen MR) is 77.1 cm³/mol. The molecule has 1 N–H and O–H groups in total. The third-order valence-corrected chi connectivity index (χ3v) is 3.40. The summed E-state index contributed by atoms with van der Waals surface area (Å²) < 4.78 is 19.8. The number of hydrogen-bond donors (Lipinski definition) is 1. The number of halogens is 2. The van der Waals surface area contributed by atoms with Crippen LogP contribution in [0, 0.1) is 12.7 Å². The predicted octanol–water partition coefficient (Wildman–Crippen LogP) is 2.46. The Kier molecular flexibility index (Phi) is 4.47. The Hall–Kier alpha value is -2.08. The maximum Gasteiger partial charge on any atom is 0.253 e. The summed E-state index contributed by atoms with van der Waals surface area (Å²) in [5, 5.41) is 7.02. The molecule has 7 heteroatoms. The first-order chi connectivity index (χ1) is 9.93. The number of aryl methyl sites for hydroxylation is 2. The first kappa shape index (κ1) is 15.3. The third kappa shape index (κ3) is 3.16. The highest BCUT2D eigenvalue weighted by atomic mass is 35.5. The lowest BCUT2D eigenvalue weighted by molar-refractivity contribution is 0.0950. The fraction of sp³-hybridized carbons (Fsp3) is 0.286. The van der Waals surface area contributed by atoms with Gasteiger partial charge in [-0.25, -0.2) is 9.07 Å². The summed E-state index contributed by atoms with van der Waals surface area (Å²) in [6.45, 7) is 2.07. The molecule has 0 radical (unpaired) electrons. The molecule has 0 aliphatic heterocycles. The average molecular weight is 312 g/mol. The van der Waals surface area contributed by atoms with E-state index in [2.05, 4.69) is 10.4 Å². The van der Waals surface area contributed by atoms with E-state index >= 15 is 0 Å². The van der Waals surface area contributed by atoms with Gasteiger partial charge in [-0.05, 0) is 25.1 Å². The Morgan fingerprint density at radius 3 is 2.86 bits per heavy atom. The average Bonchev–Trinajstić information content (AvgIpc) is 2.69. The van der Waals surface area contributed by atoms with Crippen molar-refractivity contribution in [2.24, 2.45) is 7.05 Å². The maximum atomic E-state index is 13.0. The van der Waals surface area contributed by atoms with Gasteiger partial charge in [0.15, 0.2) is 0 Å². The van der Waals surface area contributed by atoms with Crippen molar-refractivity contribution in [1.82, 2.24) is 15.1 Å². The van der Waals surface area contributed by atoms with Crippen LogP contribution >= 0.6 is 11.6 Å². The van der Waals surface area contributed by atoms with Crippen molar-refractivity contribution in [3.8, 4) is 5.88 Å². The van der Waals surface area contributed by atoms with E-state index in [1.807, 2.05) is 6.92 Å². The minimum absolute atomic E-state index is 0.0716. The molecule has 0 bridgehead atoms. The van der Waals surface area contributed by atoms with Crippen LogP contribution in [0.2, 0.25) is 5.02 Å². The van der Waals surface area contributed by atoms with Crippen LogP contribution in [-0.4, -0.2) is 22.8 Å². The number of aromatic nitrogens is 2. The fourth-order valence-electron chi connectivity index (χ4n) is 2.08. The summed E-state index contributed by atoms with van der Waals surface area (Å²) in [6.07, 6.45) is 0. The summed E-state index contributed by atoms with van der Waals surface area (Å²) >= 11 is 5.86. The van der Waals surface area contributed by atoms with Crippen molar-refractivity contribution >= 4 is 17.5 Å². The van der Waals surface area contributed by atoms with Gasteiger partial charge in [-0.2, -0.15) is 5.10 Å². The lowest BCUT2D eigenvalue weighted by Gasteiger charge is -2.08. The van der Waals surface area contributed by atoms with E-state index in [9.17, 15) is 9.18 Å². The summed E-state index contributed by atoms with van der Waals surface area (Å²) in [6, 6.07) is 3.64. The third-order valence-electron chi connectivity index (χ3n) is 3.08. The van der Waals surface area contributed by atoms with Gasteiger partial charge in [0.25, 0.3) is 5.91 Å². The van der Waals surface area contributed by atoms with Gasteiger partial charge in [0.1, 0.15) is 5.82 Å². The topological polar surface area (TPSA) is 56.1 Å². The standard InChI is InChI=1S/C14H15ClFN3O2/c1-8-11(14(21-3)19(2)18-8)7-17-13(20)10-5-4-9(16)6-12(10)15/h4-6H,7H2,1-3H3,(H,17,20). The van der Waals surface area contributed by atoms with Gasteiger partial charge in [-0.15, -0.1) is 0 Å². The Labute approximate surface area is 126 Å². The van der Waals surface area contributed by atoms with E-state index in [-0.39, 0.29) is 23.0 Å². The van der Waals surface area contributed by atoms with Gasteiger partial charge in [-0.1, -0.05) is 11.6 Å². The molecule has 0 aliphatic carbocycles. The van der Waals surface area contributed by atoms with Crippen molar-refractivity contribution in [2.75, 3.05) is 7.11 Å². The first-order valence-electron chi connectivity index (χ1n) is 6.23. The van der Waals surface area contributed by atoms with Crippen molar-refractivity contribution in [2.45, 2.75) is 13.5 Å². The number of rotatable bonds is 4. The number of nitrogens with one attached hydrogen (secondary N) is 1. The van der Waals surface area contributed by atoms with Gasteiger partial charge < -0.3 is 10.1 Å². The van der Waals surface area contributed by atoms with Gasteiger partial charge >= 0.3 is 0 Å². The zero-order chi connectivity index (χ0) is 15.6. The van der Waals surface area contributed by atoms with E-state index in [0.717, 1.165) is 17.3 Å². The highest BCUT2D eigenvalue weighted by molar-refractivity contribution is 6.33. The molecule has 1 aromatic heterocycles. The summed E-state index contributed by atoms with van der Waals surface area (Å²) in [5.41, 5.74) is 1.77. The van der Waals surface area contributed by atoms with Crippen LogP contribution in [0.4, 0.5) is 4.39 Å². The molecule has 1 amide bonds. The molecule has 0 atom stereocenters. The molecule has 0 spiro atoms. The number of carbonyl (C=O) groups is 1. The number of hydrogen-bond acceptors (Lipinski definition) is 3. The van der Waals surface area contributed by atoms with Crippen LogP contribution in [0.1, 0.15) is 21.6 Å². The molecule has 112 valence electrons. The quantitative estimate of drug-likeness (QED) is 0.943. The smallest absolute Gasteiger partial charge is 0.253 e. The molecule has 0 saturated heterocycles. The number of carbonyl (C=O) groups excluding carboxylic acids is 1. The second kappa shape index (κ2) is 6.13. The molecule has 5 nitrogen and oxygen atoms in total. The van der Waals surface area contributed by atoms with Crippen LogP contribution in [0.3, 0.4) is 0 Å². The second-order valence-corrected chi connectivity index (χ2v) is 4.91. The zero-order valence-electron chi connectivity index (χ0n) is 11.9. The van der Waals surface area contributed by atoms with E-state index in [1.165, 1.54) is 12.1 Å². The van der Waals surface area contributed by atoms with Gasteiger partial charge in [0.2, 0.25) is 5.88 Å². The number of methoxy groups -OCH3 is 1. The van der Waals surface area contributed by atoms with Crippen LogP contribution in [-0.2, 0) is 13.6 Å². The molecule has 0 saturated carbocycles. The molecule has 0 fully saturated rings. The zero-order valence-corrected chi connectivity index (χ0v) is 12.7. The van der Waals surface area contributed by atoms with Crippen molar-refractivity contribution in [3.05, 3.63) is 45.9 Å². The highest BCUT2D eigenvalue weighted by Crippen LogP contribution is 2.21. The van der Waals surface area contributed by atoms with Gasteiger partial charge in [0, 0.05) is 7.05 Å². The molecule has 0 unspecified atom stereocenters. The SMILES string of the molecule is COc1c(CNC(=O)c2ccc(F)cc2Cl)c(C)nn1C. The van der Waals surface area contributed by atoms with Crippen LogP contribution in [0.25, 0.3) is 0 Å². The number of nitrogens with zero attached hydrogens (tertiary/aromatic N) is 2. The van der Waals surface area contributed by atoms with Crippen molar-refractivity contribution in [1.29, 1.82) is 0 Å². The largest absolute Gasteiger partial charge is 0.481 e. The number of benzene rings is 1. The lowest BCUT2D eigenvalue weighted by Crippen LogP contribution is -2.23. The van der Waals surface area contributed by atoms with Gasteiger partial charge in [-0.3, -0.25) is 4.79 Å². The monoisotopic (exact) mass is 311 g/mol. The van der Waals surface area contributed by atoms with Crippen molar-refractivity contribution < 1.29 is 13.9 Å². The summed E-state index contributed by atoms with van der Waals surface area (Å²) in [5.74, 6) is -0.287. The Bertz CT molecular complexity index is 685. The van der Waals surface area contributed by atoms with Gasteiger partial charge in [0.05, 0.1) is 35.5 Å². The summed E-state index contributed by atoms with van der Waals surface area (Å²) in [7, 11) is 3.30. The normalized spacial score (nSPS) is 10.5. The molecule has 0 aliphatic rings. The van der Waals surface area contributed by atoms with E-state index in [1.54, 1.807) is 18.8 Å². The highest BCUT2D eigenvalue weighted by Gasteiger charge is 2.16. The van der Waals surface area contributed by atoms with Crippen LogP contribution in [0.15, 0.2) is 18.2 Å². The molecule has 21 heavy (non-hydrogen) atoms. The number of amides is 1. The molecule has 1 heterocycles. The van der Waals surface area contributed by atoms with E-state index < -0.39 is 5.82 Å². The minimum atomic E-state index is -0.485. The maximum absolute atomic E-state index is 13.0. The Balaban J connectivity index is 2.15. The summed E-state index contributed by atoms with van der Waals surface area (Å²) in [4.78, 5) is 12.1. The van der Waals surface area contributed by atoms with E-state index in [4.69, 9.17) is 16.3 Å². The first-order valence-corrected chi connectivity index (χ1v) is 6.61. The molecule has 2 rings (SSSR count). The Morgan fingerprint density at radius 1 is 1.52 bits per heavy atom. The van der Waals surface area contributed by atoms with Crippen LogP contribution < -0.4 is 10.1 Å². The molecule has 2 aromatic rings. The lowest BCUT2D eigenvalue weighted by atomic mass is 10.2. The number of ether oxygens (including phenoxy) is 1. The molecule has 1 aromatic carbocycles. The molecular formula is C14H15ClFN3O2. The minimum Gasteiger partial charge on any atom is -0.481 e. The van der Waals surface area contributed by atoms with Crippen LogP contribution in [0.5, 0.6) is 5.88 Å². The Morgan fingerprint density at radius 2 is 2.24 bits per heavy atom. The molecular weight excluding hydrogens is 297 g/mol. The van der Waals surface area contributed by atoms with E-state index in [0.29, 0.717) is 5.88 Å².